The molecule has 5 rings (SSSR count). The average molecular weight is 347 g/mol. The quantitative estimate of drug-likeness (QED) is 0.333. The van der Waals surface area contributed by atoms with Crippen LogP contribution in [0.3, 0.4) is 0 Å². The first kappa shape index (κ1) is 15.6. The van der Waals surface area contributed by atoms with E-state index in [1.807, 2.05) is 54.6 Å². The molecule has 0 aliphatic heterocycles. The first-order chi connectivity index (χ1) is 13.4. The molecule has 0 saturated heterocycles. The number of rotatable bonds is 3. The Morgan fingerprint density at radius 3 is 2.00 bits per heavy atom. The number of hydrogen-bond acceptors (Lipinski definition) is 2. The molecule has 0 amide bonds. The van der Waals surface area contributed by atoms with Crippen LogP contribution < -0.4 is 4.74 Å². The number of aromatic nitrogens is 1. The summed E-state index contributed by atoms with van der Waals surface area (Å²) in [6.45, 7) is 0. The Labute approximate surface area is 157 Å². The molecule has 128 valence electrons. The molecule has 5 aromatic rings. The molecule has 0 fully saturated rings. The van der Waals surface area contributed by atoms with Gasteiger partial charge in [-0.1, -0.05) is 66.7 Å². The maximum Gasteiger partial charge on any atom is 0.128 e. The van der Waals surface area contributed by atoms with E-state index in [9.17, 15) is 0 Å². The molecule has 0 unspecified atom stereocenters. The molecule has 27 heavy (non-hydrogen) atoms. The van der Waals surface area contributed by atoms with E-state index in [4.69, 9.17) is 9.72 Å². The van der Waals surface area contributed by atoms with Crippen molar-refractivity contribution in [3.8, 4) is 22.6 Å². The lowest BCUT2D eigenvalue weighted by atomic mass is 9.96. The summed E-state index contributed by atoms with van der Waals surface area (Å²) in [7, 11) is 0. The van der Waals surface area contributed by atoms with Crippen molar-refractivity contribution >= 4 is 21.8 Å². The van der Waals surface area contributed by atoms with Crippen molar-refractivity contribution < 1.29 is 4.74 Å². The second-order valence-corrected chi connectivity index (χ2v) is 6.46. The van der Waals surface area contributed by atoms with Gasteiger partial charge in [0, 0.05) is 16.3 Å². The molecular weight excluding hydrogens is 330 g/mol. The fourth-order valence-corrected chi connectivity index (χ4v) is 3.47. The van der Waals surface area contributed by atoms with Crippen LogP contribution in [0.25, 0.3) is 32.9 Å². The van der Waals surface area contributed by atoms with Gasteiger partial charge in [0.2, 0.25) is 0 Å². The smallest absolute Gasteiger partial charge is 0.128 e. The second-order valence-electron chi connectivity index (χ2n) is 6.46. The highest BCUT2D eigenvalue weighted by Crippen LogP contribution is 2.36. The Morgan fingerprint density at radius 1 is 0.519 bits per heavy atom. The third-order valence-electron chi connectivity index (χ3n) is 4.69. The fraction of sp³-hybridized carbons (Fsp3) is 0. The largest absolute Gasteiger partial charge is 0.457 e. The summed E-state index contributed by atoms with van der Waals surface area (Å²) >= 11 is 0. The monoisotopic (exact) mass is 347 g/mol. The lowest BCUT2D eigenvalue weighted by Gasteiger charge is -2.13. The standard InChI is InChI=1S/C25H17NO/c1-3-9-18(10-4-1)25-21-13-7-8-14-23(21)26-24-16-15-20(17-22(24)25)27-19-11-5-2-6-12-19/h1-17H. The molecule has 0 spiro atoms. The van der Waals surface area contributed by atoms with E-state index in [0.29, 0.717) is 0 Å². The third kappa shape index (κ3) is 2.91. The number of fused-ring (bicyclic) bond motifs is 2. The van der Waals surface area contributed by atoms with Gasteiger partial charge in [0.25, 0.3) is 0 Å². The fourth-order valence-electron chi connectivity index (χ4n) is 3.47. The molecule has 0 radical (unpaired) electrons. The number of nitrogens with zero attached hydrogens (tertiary/aromatic N) is 1. The van der Waals surface area contributed by atoms with Gasteiger partial charge in [-0.25, -0.2) is 4.98 Å². The zero-order valence-corrected chi connectivity index (χ0v) is 14.7. The lowest BCUT2D eigenvalue weighted by Crippen LogP contribution is -1.90. The number of hydrogen-bond donors (Lipinski definition) is 0. The third-order valence-corrected chi connectivity index (χ3v) is 4.69. The van der Waals surface area contributed by atoms with Crippen LogP contribution in [0.2, 0.25) is 0 Å². The van der Waals surface area contributed by atoms with Crippen molar-refractivity contribution in [2.75, 3.05) is 0 Å². The van der Waals surface area contributed by atoms with Gasteiger partial charge in [-0.2, -0.15) is 0 Å². The zero-order chi connectivity index (χ0) is 18.1. The van der Waals surface area contributed by atoms with Crippen LogP contribution in [-0.4, -0.2) is 4.98 Å². The summed E-state index contributed by atoms with van der Waals surface area (Å²) in [5.41, 5.74) is 4.33. The number of benzene rings is 4. The maximum atomic E-state index is 6.06. The summed E-state index contributed by atoms with van der Waals surface area (Å²) in [5.74, 6) is 1.63. The van der Waals surface area contributed by atoms with Crippen LogP contribution in [0, 0.1) is 0 Å². The van der Waals surface area contributed by atoms with Gasteiger partial charge >= 0.3 is 0 Å². The van der Waals surface area contributed by atoms with Crippen LogP contribution >= 0.6 is 0 Å². The predicted octanol–water partition coefficient (Wildman–Crippen LogP) is 6.85. The van der Waals surface area contributed by atoms with Crippen molar-refractivity contribution in [1.82, 2.24) is 4.98 Å². The predicted molar refractivity (Wildman–Crippen MR) is 111 cm³/mol. The summed E-state index contributed by atoms with van der Waals surface area (Å²) in [6.07, 6.45) is 0. The van der Waals surface area contributed by atoms with E-state index < -0.39 is 0 Å². The molecule has 4 aromatic carbocycles. The van der Waals surface area contributed by atoms with Crippen molar-refractivity contribution in [2.24, 2.45) is 0 Å². The van der Waals surface area contributed by atoms with Crippen LogP contribution in [0.15, 0.2) is 103 Å². The SMILES string of the molecule is c1ccc(Oc2ccc3nc4ccccc4c(-c4ccccc4)c3c2)cc1. The van der Waals surface area contributed by atoms with Crippen molar-refractivity contribution in [3.05, 3.63) is 103 Å². The summed E-state index contributed by atoms with van der Waals surface area (Å²) in [6, 6.07) is 34.7. The van der Waals surface area contributed by atoms with Crippen LogP contribution in [-0.2, 0) is 0 Å². The van der Waals surface area contributed by atoms with Crippen LogP contribution in [0.5, 0.6) is 11.5 Å². The Morgan fingerprint density at radius 2 is 1.19 bits per heavy atom. The van der Waals surface area contributed by atoms with Gasteiger partial charge in [0.05, 0.1) is 11.0 Å². The number of para-hydroxylation sites is 2. The molecule has 0 N–H and O–H groups in total. The van der Waals surface area contributed by atoms with Crippen molar-refractivity contribution in [3.63, 3.8) is 0 Å². The molecule has 1 aromatic heterocycles. The van der Waals surface area contributed by atoms with E-state index in [1.165, 1.54) is 11.1 Å². The average Bonchev–Trinajstić information content (AvgIpc) is 2.73. The molecule has 2 heteroatoms. The molecular formula is C25H17NO. The molecule has 0 atom stereocenters. The Bertz CT molecular complexity index is 1230. The van der Waals surface area contributed by atoms with Gasteiger partial charge in [0.15, 0.2) is 0 Å². The Balaban J connectivity index is 1.77. The minimum Gasteiger partial charge on any atom is -0.457 e. The van der Waals surface area contributed by atoms with Crippen LogP contribution in [0.1, 0.15) is 0 Å². The molecule has 1 heterocycles. The van der Waals surface area contributed by atoms with E-state index >= 15 is 0 Å². The van der Waals surface area contributed by atoms with Gasteiger partial charge < -0.3 is 4.74 Å². The van der Waals surface area contributed by atoms with Crippen molar-refractivity contribution in [1.29, 1.82) is 0 Å². The normalized spacial score (nSPS) is 11.0. The first-order valence-electron chi connectivity index (χ1n) is 8.99. The number of ether oxygens (including phenoxy) is 1. The molecule has 0 aliphatic carbocycles. The van der Waals surface area contributed by atoms with Gasteiger partial charge in [-0.3, -0.25) is 0 Å². The van der Waals surface area contributed by atoms with Crippen LogP contribution in [0.4, 0.5) is 0 Å². The highest BCUT2D eigenvalue weighted by Gasteiger charge is 2.12. The minimum absolute atomic E-state index is 0.808. The second kappa shape index (κ2) is 6.58. The first-order valence-corrected chi connectivity index (χ1v) is 8.99. The van der Waals surface area contributed by atoms with Crippen molar-refractivity contribution in [2.45, 2.75) is 0 Å². The van der Waals surface area contributed by atoms with Gasteiger partial charge in [-0.05, 0) is 42.0 Å². The van der Waals surface area contributed by atoms with E-state index in [-0.39, 0.29) is 0 Å². The zero-order valence-electron chi connectivity index (χ0n) is 14.7. The minimum atomic E-state index is 0.808. The highest BCUT2D eigenvalue weighted by molar-refractivity contribution is 6.09. The molecule has 0 saturated carbocycles. The Kier molecular flexibility index (Phi) is 3.80. The molecule has 2 nitrogen and oxygen atoms in total. The van der Waals surface area contributed by atoms with Gasteiger partial charge in [0.1, 0.15) is 11.5 Å². The van der Waals surface area contributed by atoms with Gasteiger partial charge in [-0.15, -0.1) is 0 Å². The van der Waals surface area contributed by atoms with E-state index in [2.05, 4.69) is 48.5 Å². The number of pyridine rings is 1. The van der Waals surface area contributed by atoms with E-state index in [1.54, 1.807) is 0 Å². The lowest BCUT2D eigenvalue weighted by molar-refractivity contribution is 0.483. The van der Waals surface area contributed by atoms with E-state index in [0.717, 1.165) is 33.3 Å². The summed E-state index contributed by atoms with van der Waals surface area (Å²) in [5, 5.41) is 2.24. The molecule has 0 bridgehead atoms. The summed E-state index contributed by atoms with van der Waals surface area (Å²) in [4.78, 5) is 4.86. The summed E-state index contributed by atoms with van der Waals surface area (Å²) < 4.78 is 6.06. The Hall–Kier alpha value is -3.65. The highest BCUT2D eigenvalue weighted by atomic mass is 16.5. The molecule has 0 aliphatic rings. The maximum absolute atomic E-state index is 6.06. The topological polar surface area (TPSA) is 22.1 Å².